The van der Waals surface area contributed by atoms with Crippen molar-refractivity contribution >= 4 is 23.0 Å². The van der Waals surface area contributed by atoms with Crippen LogP contribution in [0.4, 0.5) is 5.69 Å². The lowest BCUT2D eigenvalue weighted by atomic mass is 9.95. The maximum atomic E-state index is 11.6. The Balaban J connectivity index is 1.68. The monoisotopic (exact) mass is 397 g/mol. The van der Waals surface area contributed by atoms with E-state index in [1.165, 1.54) is 50.4 Å². The van der Waals surface area contributed by atoms with Gasteiger partial charge >= 0.3 is 5.97 Å². The molecule has 0 radical (unpaired) electrons. The van der Waals surface area contributed by atoms with Gasteiger partial charge in [0.25, 0.3) is 0 Å². The highest BCUT2D eigenvalue weighted by atomic mass is 32.1. The number of thiophene rings is 1. The summed E-state index contributed by atoms with van der Waals surface area (Å²) in [5, 5.41) is 17.9. The van der Waals surface area contributed by atoms with Gasteiger partial charge in [0.2, 0.25) is 5.82 Å². The lowest BCUT2D eigenvalue weighted by Crippen LogP contribution is -2.22. The Morgan fingerprint density at radius 1 is 1.25 bits per heavy atom. The molecule has 28 heavy (non-hydrogen) atoms. The molecule has 0 atom stereocenters. The smallest absolute Gasteiger partial charge is 0.308 e. The van der Waals surface area contributed by atoms with Gasteiger partial charge in [0.15, 0.2) is 5.75 Å². The molecule has 8 heteroatoms. The molecule has 0 bridgehead atoms. The van der Waals surface area contributed by atoms with E-state index in [-0.39, 0.29) is 5.97 Å². The van der Waals surface area contributed by atoms with E-state index < -0.39 is 0 Å². The summed E-state index contributed by atoms with van der Waals surface area (Å²) in [7, 11) is 0. The minimum atomic E-state index is -0.370. The van der Waals surface area contributed by atoms with E-state index >= 15 is 0 Å². The normalized spacial score (nSPS) is 14.8. The number of ether oxygens (including phenoxy) is 1. The molecule has 2 N–H and O–H groups in total. The second-order valence-corrected chi connectivity index (χ2v) is 8.12. The van der Waals surface area contributed by atoms with Crippen LogP contribution in [0, 0.1) is 6.92 Å². The Labute approximate surface area is 167 Å². The molecule has 1 aromatic carbocycles. The van der Waals surface area contributed by atoms with Crippen molar-refractivity contribution < 1.29 is 9.53 Å². The Hall–Kier alpha value is -2.74. The van der Waals surface area contributed by atoms with Gasteiger partial charge in [-0.3, -0.25) is 4.79 Å². The number of H-pyrrole nitrogens is 1. The number of hydrogen-bond donors (Lipinski definition) is 2. The molecule has 1 fully saturated rings. The van der Waals surface area contributed by atoms with Gasteiger partial charge in [-0.25, -0.2) is 0 Å². The number of rotatable bonds is 5. The maximum absolute atomic E-state index is 11.6. The molecule has 2 heterocycles. The molecule has 3 aromatic rings. The number of hydrogen-bond acceptors (Lipinski definition) is 7. The van der Waals surface area contributed by atoms with Gasteiger partial charge < -0.3 is 10.1 Å². The third-order valence-corrected chi connectivity index (χ3v) is 6.30. The summed E-state index contributed by atoms with van der Waals surface area (Å²) in [4.78, 5) is 13.3. The molecule has 4 rings (SSSR count). The predicted molar refractivity (Wildman–Crippen MR) is 109 cm³/mol. The van der Waals surface area contributed by atoms with E-state index in [1.54, 1.807) is 0 Å². The highest BCUT2D eigenvalue weighted by Gasteiger charge is 2.23. The minimum Gasteiger partial charge on any atom is -0.425 e. The third-order valence-electron chi connectivity index (χ3n) is 4.99. The molecule has 0 spiro atoms. The van der Waals surface area contributed by atoms with E-state index in [1.807, 2.05) is 6.92 Å². The van der Waals surface area contributed by atoms with Crippen molar-refractivity contribution in [1.82, 2.24) is 20.6 Å². The average Bonchev–Trinajstić information content (AvgIpc) is 3.32. The third kappa shape index (κ3) is 3.91. The van der Waals surface area contributed by atoms with E-state index in [4.69, 9.17) is 4.74 Å². The number of benzene rings is 1. The van der Waals surface area contributed by atoms with Gasteiger partial charge in [-0.15, -0.1) is 21.5 Å². The van der Waals surface area contributed by atoms with Gasteiger partial charge in [0.1, 0.15) is 4.88 Å². The summed E-state index contributed by atoms with van der Waals surface area (Å²) in [6.07, 6.45) is 6.37. The number of aromatic nitrogens is 4. The lowest BCUT2D eigenvalue weighted by molar-refractivity contribution is -0.131. The summed E-state index contributed by atoms with van der Waals surface area (Å²) < 4.78 is 5.49. The summed E-state index contributed by atoms with van der Waals surface area (Å²) in [6.45, 7) is 3.35. The molecule has 0 unspecified atom stereocenters. The van der Waals surface area contributed by atoms with Crippen LogP contribution >= 0.6 is 11.3 Å². The SMILES string of the molecule is CC(=O)Oc1c(-c2nn[nH]n2)sc(-c2cccc(NC3CCCCC3)c2)c1C. The molecule has 0 aliphatic heterocycles. The Kier molecular flexibility index (Phi) is 5.38. The number of tetrazole rings is 1. The molecule has 0 amide bonds. The zero-order valence-corrected chi connectivity index (χ0v) is 16.8. The zero-order valence-electron chi connectivity index (χ0n) is 16.0. The van der Waals surface area contributed by atoms with Gasteiger partial charge in [-0.2, -0.15) is 5.21 Å². The van der Waals surface area contributed by atoms with Crippen LogP contribution in [0.25, 0.3) is 21.1 Å². The van der Waals surface area contributed by atoms with Crippen molar-refractivity contribution in [3.05, 3.63) is 29.8 Å². The molecule has 146 valence electrons. The molecule has 2 aromatic heterocycles. The highest BCUT2D eigenvalue weighted by Crippen LogP contribution is 2.46. The molecule has 1 aliphatic rings. The Morgan fingerprint density at radius 3 is 2.79 bits per heavy atom. The summed E-state index contributed by atoms with van der Waals surface area (Å²) in [6, 6.07) is 8.93. The first-order valence-corrected chi connectivity index (χ1v) is 10.4. The van der Waals surface area contributed by atoms with E-state index in [0.29, 0.717) is 22.5 Å². The minimum absolute atomic E-state index is 0.370. The molecule has 7 nitrogen and oxygen atoms in total. The van der Waals surface area contributed by atoms with Crippen molar-refractivity contribution in [2.45, 2.75) is 52.0 Å². The van der Waals surface area contributed by atoms with E-state index in [9.17, 15) is 4.79 Å². The molecular formula is C20H23N5O2S. The number of esters is 1. The summed E-state index contributed by atoms with van der Waals surface area (Å²) >= 11 is 1.50. The van der Waals surface area contributed by atoms with Crippen LogP contribution in [-0.4, -0.2) is 32.6 Å². The summed E-state index contributed by atoms with van der Waals surface area (Å²) in [5.41, 5.74) is 3.09. The highest BCUT2D eigenvalue weighted by molar-refractivity contribution is 7.19. The quantitative estimate of drug-likeness (QED) is 0.613. The Morgan fingerprint density at radius 2 is 2.07 bits per heavy atom. The van der Waals surface area contributed by atoms with Crippen molar-refractivity contribution in [3.63, 3.8) is 0 Å². The second-order valence-electron chi connectivity index (χ2n) is 7.10. The van der Waals surface area contributed by atoms with Crippen molar-refractivity contribution in [2.75, 3.05) is 5.32 Å². The fourth-order valence-corrected chi connectivity index (χ4v) is 4.84. The van der Waals surface area contributed by atoms with Gasteiger partial charge in [0, 0.05) is 29.1 Å². The van der Waals surface area contributed by atoms with Gasteiger partial charge in [0.05, 0.1) is 0 Å². The fraction of sp³-hybridized carbons (Fsp3) is 0.400. The van der Waals surface area contributed by atoms with Gasteiger partial charge in [-0.1, -0.05) is 31.4 Å². The van der Waals surface area contributed by atoms with E-state index in [2.05, 4.69) is 50.2 Å². The van der Waals surface area contributed by atoms with Crippen LogP contribution in [0.15, 0.2) is 24.3 Å². The number of nitrogens with zero attached hydrogens (tertiary/aromatic N) is 3. The van der Waals surface area contributed by atoms with Crippen LogP contribution in [0.1, 0.15) is 44.6 Å². The lowest BCUT2D eigenvalue weighted by Gasteiger charge is -2.24. The van der Waals surface area contributed by atoms with Crippen molar-refractivity contribution in [2.24, 2.45) is 0 Å². The van der Waals surface area contributed by atoms with Crippen molar-refractivity contribution in [3.8, 4) is 26.9 Å². The standard InChI is InChI=1S/C20H23N5O2S/c1-12-17(27-13(2)26)19(20-22-24-25-23-20)28-18(12)14-7-6-10-16(11-14)21-15-8-4-3-5-9-15/h6-7,10-11,15,21H,3-5,8-9H2,1-2H3,(H,22,23,24,25). The predicted octanol–water partition coefficient (Wildman–Crippen LogP) is 4.57. The number of carbonyl (C=O) groups excluding carboxylic acids is 1. The van der Waals surface area contributed by atoms with Crippen LogP contribution in [0.3, 0.4) is 0 Å². The first kappa shape index (κ1) is 18.6. The topological polar surface area (TPSA) is 92.8 Å². The van der Waals surface area contributed by atoms with Gasteiger partial charge in [-0.05, 0) is 42.7 Å². The molecular weight excluding hydrogens is 374 g/mol. The number of nitrogens with one attached hydrogen (secondary N) is 2. The van der Waals surface area contributed by atoms with E-state index in [0.717, 1.165) is 21.7 Å². The van der Waals surface area contributed by atoms with Crippen LogP contribution in [-0.2, 0) is 4.79 Å². The van der Waals surface area contributed by atoms with Crippen LogP contribution < -0.4 is 10.1 Å². The van der Waals surface area contributed by atoms with Crippen LogP contribution in [0.2, 0.25) is 0 Å². The second kappa shape index (κ2) is 8.10. The first-order chi connectivity index (χ1) is 13.6. The number of carbonyl (C=O) groups is 1. The molecule has 1 saturated carbocycles. The number of aromatic amines is 1. The number of anilines is 1. The zero-order chi connectivity index (χ0) is 19.5. The molecule has 1 aliphatic carbocycles. The largest absolute Gasteiger partial charge is 0.425 e. The first-order valence-electron chi connectivity index (χ1n) is 9.54. The Bertz CT molecular complexity index is 961. The maximum Gasteiger partial charge on any atom is 0.308 e. The fourth-order valence-electron chi connectivity index (χ4n) is 3.68. The summed E-state index contributed by atoms with van der Waals surface area (Å²) in [5.74, 6) is 0.552. The van der Waals surface area contributed by atoms with Crippen molar-refractivity contribution in [1.29, 1.82) is 0 Å². The van der Waals surface area contributed by atoms with Crippen LogP contribution in [0.5, 0.6) is 5.75 Å². The molecule has 0 saturated heterocycles. The average molecular weight is 398 g/mol.